The van der Waals surface area contributed by atoms with E-state index in [-0.39, 0.29) is 5.97 Å². The minimum Gasteiger partial charge on any atom is -0.457 e. The number of fused-ring (bicyclic) bond motifs is 3. The zero-order valence-corrected chi connectivity index (χ0v) is 17.4. The quantitative estimate of drug-likeness (QED) is 0.492. The second kappa shape index (κ2) is 7.57. The van der Waals surface area contributed by atoms with Crippen molar-refractivity contribution in [2.24, 2.45) is 0 Å². The predicted octanol–water partition coefficient (Wildman–Crippen LogP) is 5.14. The Kier molecular flexibility index (Phi) is 5.13. The van der Waals surface area contributed by atoms with E-state index in [0.717, 1.165) is 30.9 Å². The summed E-state index contributed by atoms with van der Waals surface area (Å²) in [5.41, 5.74) is 3.59. The summed E-state index contributed by atoms with van der Waals surface area (Å²) in [5, 5.41) is 1.36. The topological polar surface area (TPSA) is 45.3 Å². The molecule has 0 spiro atoms. The number of nitrogens with one attached hydrogen (secondary N) is 1. The van der Waals surface area contributed by atoms with E-state index in [1.165, 1.54) is 33.1 Å². The molecule has 4 rings (SSSR count). The molecule has 1 aromatic carbocycles. The Morgan fingerprint density at radius 3 is 2.89 bits per heavy atom. The number of H-pyrrole nitrogens is 1. The minimum absolute atomic E-state index is 0.301. The van der Waals surface area contributed by atoms with Crippen LogP contribution in [0.15, 0.2) is 42.5 Å². The largest absolute Gasteiger partial charge is 0.457 e. The van der Waals surface area contributed by atoms with Crippen molar-refractivity contribution in [2.75, 3.05) is 6.54 Å². The maximum absolute atomic E-state index is 11.8. The molecule has 4 nitrogen and oxygen atoms in total. The van der Waals surface area contributed by atoms with Gasteiger partial charge < -0.3 is 9.72 Å². The molecule has 3 heterocycles. The smallest absolute Gasteiger partial charge is 0.331 e. The Hall–Kier alpha value is -2.37. The van der Waals surface area contributed by atoms with Gasteiger partial charge in [0.25, 0.3) is 0 Å². The fourth-order valence-electron chi connectivity index (χ4n) is 3.66. The highest BCUT2D eigenvalue weighted by Crippen LogP contribution is 2.29. The molecule has 0 amide bonds. The number of nitrogens with zero attached hydrogens (tertiary/aromatic N) is 1. The molecule has 0 saturated heterocycles. The standard InChI is InChI=1S/C23H26N2O2S/c1-23(2,3)27-22(26)11-10-16-8-9-17(28-16)14-25-13-12-19-18-6-4-5-7-20(18)24-21(19)15-25/h4-11,24H,12-15H2,1-3H3/b11-10+. The number of hydrogen-bond acceptors (Lipinski definition) is 4. The minimum atomic E-state index is -0.461. The molecule has 1 aliphatic heterocycles. The first-order valence-corrected chi connectivity index (χ1v) is 10.5. The van der Waals surface area contributed by atoms with Crippen molar-refractivity contribution in [3.05, 3.63) is 63.5 Å². The third-order valence-corrected chi connectivity index (χ3v) is 5.85. The van der Waals surface area contributed by atoms with E-state index in [0.29, 0.717) is 0 Å². The van der Waals surface area contributed by atoms with Gasteiger partial charge in [0.2, 0.25) is 0 Å². The first-order chi connectivity index (χ1) is 13.4. The summed E-state index contributed by atoms with van der Waals surface area (Å²) >= 11 is 1.73. The highest BCUT2D eigenvalue weighted by atomic mass is 32.1. The number of esters is 1. The van der Waals surface area contributed by atoms with Crippen molar-refractivity contribution >= 4 is 34.3 Å². The SMILES string of the molecule is CC(C)(C)OC(=O)/C=C/c1ccc(CN2CCc3c([nH]c4ccccc34)C2)s1. The van der Waals surface area contributed by atoms with Gasteiger partial charge in [-0.3, -0.25) is 4.90 Å². The van der Waals surface area contributed by atoms with Crippen molar-refractivity contribution in [2.45, 2.75) is 45.9 Å². The normalized spacial score (nSPS) is 15.2. The van der Waals surface area contributed by atoms with Crippen molar-refractivity contribution < 1.29 is 9.53 Å². The van der Waals surface area contributed by atoms with Crippen molar-refractivity contribution in [1.82, 2.24) is 9.88 Å². The molecule has 0 unspecified atom stereocenters. The average molecular weight is 395 g/mol. The van der Waals surface area contributed by atoms with Crippen LogP contribution in [0.3, 0.4) is 0 Å². The van der Waals surface area contributed by atoms with Crippen LogP contribution in [-0.2, 0) is 29.0 Å². The summed E-state index contributed by atoms with van der Waals surface area (Å²) in [7, 11) is 0. The molecule has 0 radical (unpaired) electrons. The molecule has 0 bridgehead atoms. The number of aromatic amines is 1. The van der Waals surface area contributed by atoms with E-state index < -0.39 is 5.60 Å². The second-order valence-electron chi connectivity index (χ2n) is 8.26. The summed E-state index contributed by atoms with van der Waals surface area (Å²) in [5.74, 6) is -0.301. The van der Waals surface area contributed by atoms with Gasteiger partial charge in [0.1, 0.15) is 5.60 Å². The van der Waals surface area contributed by atoms with E-state index in [1.54, 1.807) is 11.3 Å². The van der Waals surface area contributed by atoms with Crippen LogP contribution in [0.1, 0.15) is 41.8 Å². The molecular weight excluding hydrogens is 368 g/mol. The Labute approximate surface area is 169 Å². The third kappa shape index (κ3) is 4.37. The first-order valence-electron chi connectivity index (χ1n) is 9.68. The molecular formula is C23H26N2O2S. The lowest BCUT2D eigenvalue weighted by atomic mass is 10.0. The Morgan fingerprint density at radius 2 is 2.07 bits per heavy atom. The molecule has 28 heavy (non-hydrogen) atoms. The molecule has 3 aromatic rings. The zero-order chi connectivity index (χ0) is 19.7. The number of ether oxygens (including phenoxy) is 1. The maximum Gasteiger partial charge on any atom is 0.331 e. The lowest BCUT2D eigenvalue weighted by molar-refractivity contribution is -0.148. The molecule has 0 saturated carbocycles. The van der Waals surface area contributed by atoms with Crippen LogP contribution in [0.5, 0.6) is 0 Å². The van der Waals surface area contributed by atoms with Crippen LogP contribution in [0.25, 0.3) is 17.0 Å². The second-order valence-corrected chi connectivity index (χ2v) is 9.46. The lowest BCUT2D eigenvalue weighted by Gasteiger charge is -2.26. The molecule has 0 fully saturated rings. The number of carbonyl (C=O) groups is 1. The summed E-state index contributed by atoms with van der Waals surface area (Å²) in [4.78, 5) is 20.3. The van der Waals surface area contributed by atoms with Gasteiger partial charge in [0.05, 0.1) is 0 Å². The van der Waals surface area contributed by atoms with Crippen LogP contribution in [0, 0.1) is 0 Å². The van der Waals surface area contributed by atoms with Gasteiger partial charge in [-0.15, -0.1) is 11.3 Å². The van der Waals surface area contributed by atoms with Gasteiger partial charge >= 0.3 is 5.97 Å². The third-order valence-electron chi connectivity index (χ3n) is 4.81. The van der Waals surface area contributed by atoms with Crippen LogP contribution >= 0.6 is 11.3 Å². The van der Waals surface area contributed by atoms with Crippen LogP contribution in [0.2, 0.25) is 0 Å². The van der Waals surface area contributed by atoms with Gasteiger partial charge in [-0.2, -0.15) is 0 Å². The highest BCUT2D eigenvalue weighted by molar-refractivity contribution is 7.12. The van der Waals surface area contributed by atoms with Crippen molar-refractivity contribution in [3.63, 3.8) is 0 Å². The van der Waals surface area contributed by atoms with E-state index in [4.69, 9.17) is 4.74 Å². The number of para-hydroxylation sites is 1. The summed E-state index contributed by atoms with van der Waals surface area (Å²) in [6, 6.07) is 12.8. The van der Waals surface area contributed by atoms with Crippen LogP contribution < -0.4 is 0 Å². The van der Waals surface area contributed by atoms with E-state index in [9.17, 15) is 4.79 Å². The summed E-state index contributed by atoms with van der Waals surface area (Å²) in [6.45, 7) is 8.57. The number of carbonyl (C=O) groups excluding carboxylic acids is 1. The number of hydrogen-bond donors (Lipinski definition) is 1. The predicted molar refractivity (Wildman–Crippen MR) is 115 cm³/mol. The fourth-order valence-corrected chi connectivity index (χ4v) is 4.62. The number of thiophene rings is 1. The molecule has 5 heteroatoms. The van der Waals surface area contributed by atoms with Crippen LogP contribution in [-0.4, -0.2) is 28.0 Å². The Balaban J connectivity index is 1.39. The zero-order valence-electron chi connectivity index (χ0n) is 16.6. The maximum atomic E-state index is 11.8. The van der Waals surface area contributed by atoms with E-state index >= 15 is 0 Å². The monoisotopic (exact) mass is 394 g/mol. The first kappa shape index (κ1) is 19.0. The molecule has 0 aliphatic carbocycles. The molecule has 1 aliphatic rings. The van der Waals surface area contributed by atoms with Gasteiger partial charge in [-0.1, -0.05) is 18.2 Å². The highest BCUT2D eigenvalue weighted by Gasteiger charge is 2.20. The van der Waals surface area contributed by atoms with Gasteiger partial charge in [-0.25, -0.2) is 4.79 Å². The summed E-state index contributed by atoms with van der Waals surface area (Å²) < 4.78 is 5.31. The Morgan fingerprint density at radius 1 is 1.25 bits per heavy atom. The lowest BCUT2D eigenvalue weighted by Crippen LogP contribution is -2.29. The average Bonchev–Trinajstić information content (AvgIpc) is 3.22. The van der Waals surface area contributed by atoms with Gasteiger partial charge in [-0.05, 0) is 57.0 Å². The van der Waals surface area contributed by atoms with E-state index in [1.807, 2.05) is 26.8 Å². The number of aromatic nitrogens is 1. The fraction of sp³-hybridized carbons (Fsp3) is 0.348. The van der Waals surface area contributed by atoms with Crippen molar-refractivity contribution in [3.8, 4) is 0 Å². The van der Waals surface area contributed by atoms with E-state index in [2.05, 4.69) is 46.3 Å². The van der Waals surface area contributed by atoms with Gasteiger partial charge in [0.15, 0.2) is 0 Å². The molecule has 0 atom stereocenters. The molecule has 146 valence electrons. The number of rotatable bonds is 4. The van der Waals surface area contributed by atoms with Gasteiger partial charge in [0, 0.05) is 52.1 Å². The number of benzene rings is 1. The summed E-state index contributed by atoms with van der Waals surface area (Å²) in [6.07, 6.45) is 4.43. The van der Waals surface area contributed by atoms with Crippen molar-refractivity contribution in [1.29, 1.82) is 0 Å². The molecule has 1 N–H and O–H groups in total. The Bertz CT molecular complexity index is 1020. The van der Waals surface area contributed by atoms with Crippen LogP contribution in [0.4, 0.5) is 0 Å². The molecule has 2 aromatic heterocycles.